The summed E-state index contributed by atoms with van der Waals surface area (Å²) in [6.45, 7) is 1.58. The number of anilines is 3. The van der Waals surface area contributed by atoms with Crippen molar-refractivity contribution in [2.75, 3.05) is 17.2 Å². The van der Waals surface area contributed by atoms with E-state index >= 15 is 0 Å². The van der Waals surface area contributed by atoms with Crippen molar-refractivity contribution in [3.8, 4) is 0 Å². The highest BCUT2D eigenvalue weighted by atomic mass is 16.3. The number of amides is 1. The molecule has 0 saturated heterocycles. The number of rotatable bonds is 6. The minimum absolute atomic E-state index is 0.418. The van der Waals surface area contributed by atoms with Gasteiger partial charge in [-0.2, -0.15) is 0 Å². The van der Waals surface area contributed by atoms with Crippen molar-refractivity contribution in [2.45, 2.75) is 13.0 Å². The van der Waals surface area contributed by atoms with Crippen LogP contribution in [-0.4, -0.2) is 29.9 Å². The maximum absolute atomic E-state index is 11.8. The van der Waals surface area contributed by atoms with Gasteiger partial charge in [0, 0.05) is 28.8 Å². The molecule has 0 aromatic heterocycles. The van der Waals surface area contributed by atoms with E-state index in [9.17, 15) is 4.79 Å². The standard InChI is InChI=1S/C17H20N4O2/c1-11-3-2-4-13(7-11)20-16-8-14(6-5-12(16)9-18)21-17(23)15(19)10-22/h2-9,15,18,20,22H,10,19H2,1H3,(H,21,23). The summed E-state index contributed by atoms with van der Waals surface area (Å²) in [6.07, 6.45) is 1.24. The molecule has 1 atom stereocenters. The predicted octanol–water partition coefficient (Wildman–Crippen LogP) is 1.99. The number of carbonyl (C=O) groups is 1. The third-order valence-corrected chi connectivity index (χ3v) is 3.31. The zero-order valence-corrected chi connectivity index (χ0v) is 12.8. The summed E-state index contributed by atoms with van der Waals surface area (Å²) in [5.74, 6) is -0.461. The van der Waals surface area contributed by atoms with Gasteiger partial charge < -0.3 is 26.9 Å². The Morgan fingerprint density at radius 1 is 1.30 bits per heavy atom. The van der Waals surface area contributed by atoms with Gasteiger partial charge >= 0.3 is 0 Å². The minimum atomic E-state index is -0.967. The topological polar surface area (TPSA) is 111 Å². The molecule has 120 valence electrons. The molecule has 0 aliphatic carbocycles. The molecule has 1 amide bonds. The number of benzene rings is 2. The summed E-state index contributed by atoms with van der Waals surface area (Å²) in [5, 5.41) is 22.3. The lowest BCUT2D eigenvalue weighted by molar-refractivity contribution is -0.118. The number of carbonyl (C=O) groups excluding carboxylic acids is 1. The van der Waals surface area contributed by atoms with E-state index in [0.29, 0.717) is 16.9 Å². The van der Waals surface area contributed by atoms with Crippen molar-refractivity contribution in [3.05, 3.63) is 53.6 Å². The average Bonchev–Trinajstić information content (AvgIpc) is 2.54. The van der Waals surface area contributed by atoms with Crippen LogP contribution in [0.2, 0.25) is 0 Å². The maximum atomic E-state index is 11.8. The summed E-state index contributed by atoms with van der Waals surface area (Å²) in [6, 6.07) is 12.0. The number of nitrogens with two attached hydrogens (primary N) is 1. The van der Waals surface area contributed by atoms with Gasteiger partial charge in [0.1, 0.15) is 6.04 Å². The number of nitrogens with one attached hydrogen (secondary N) is 3. The molecule has 0 aliphatic rings. The predicted molar refractivity (Wildman–Crippen MR) is 92.5 cm³/mol. The van der Waals surface area contributed by atoms with E-state index < -0.39 is 18.6 Å². The molecule has 0 heterocycles. The average molecular weight is 312 g/mol. The van der Waals surface area contributed by atoms with Gasteiger partial charge in [-0.1, -0.05) is 12.1 Å². The number of aryl methyl sites for hydroxylation is 1. The minimum Gasteiger partial charge on any atom is -0.394 e. The van der Waals surface area contributed by atoms with Crippen LogP contribution in [0.4, 0.5) is 17.1 Å². The Bertz CT molecular complexity index is 715. The van der Waals surface area contributed by atoms with Gasteiger partial charge in [0.05, 0.1) is 6.61 Å². The molecule has 2 rings (SSSR count). The van der Waals surface area contributed by atoms with Crippen LogP contribution in [0.5, 0.6) is 0 Å². The van der Waals surface area contributed by atoms with Gasteiger partial charge in [0.2, 0.25) is 5.91 Å². The highest BCUT2D eigenvalue weighted by Crippen LogP contribution is 2.24. The Balaban J connectivity index is 2.25. The first-order chi connectivity index (χ1) is 11.0. The summed E-state index contributed by atoms with van der Waals surface area (Å²) in [7, 11) is 0. The maximum Gasteiger partial charge on any atom is 0.243 e. The molecule has 2 aromatic carbocycles. The van der Waals surface area contributed by atoms with Crippen LogP contribution in [0, 0.1) is 12.3 Å². The van der Waals surface area contributed by atoms with E-state index in [1.807, 2.05) is 31.2 Å². The summed E-state index contributed by atoms with van der Waals surface area (Å²) in [5.41, 5.74) is 9.42. The molecular weight excluding hydrogens is 292 g/mol. The smallest absolute Gasteiger partial charge is 0.243 e. The van der Waals surface area contributed by atoms with E-state index in [0.717, 1.165) is 11.3 Å². The molecule has 0 spiro atoms. The van der Waals surface area contributed by atoms with E-state index in [-0.39, 0.29) is 0 Å². The van der Waals surface area contributed by atoms with E-state index in [4.69, 9.17) is 16.2 Å². The van der Waals surface area contributed by atoms with Crippen molar-refractivity contribution in [1.29, 1.82) is 5.41 Å². The molecule has 2 aromatic rings. The molecule has 0 radical (unpaired) electrons. The second-order valence-corrected chi connectivity index (χ2v) is 5.22. The highest BCUT2D eigenvalue weighted by molar-refractivity contribution is 5.97. The van der Waals surface area contributed by atoms with Crippen LogP contribution in [0.3, 0.4) is 0 Å². The lowest BCUT2D eigenvalue weighted by Gasteiger charge is -2.14. The van der Waals surface area contributed by atoms with Gasteiger partial charge in [-0.3, -0.25) is 4.79 Å². The Hall–Kier alpha value is -2.70. The van der Waals surface area contributed by atoms with Gasteiger partial charge in [0.15, 0.2) is 0 Å². The Kier molecular flexibility index (Phi) is 5.46. The Labute approximate surface area is 134 Å². The fraction of sp³-hybridized carbons (Fsp3) is 0.176. The zero-order valence-electron chi connectivity index (χ0n) is 12.8. The Morgan fingerprint density at radius 3 is 2.74 bits per heavy atom. The van der Waals surface area contributed by atoms with Crippen LogP contribution in [0.25, 0.3) is 0 Å². The summed E-state index contributed by atoms with van der Waals surface area (Å²) >= 11 is 0. The van der Waals surface area contributed by atoms with Crippen molar-refractivity contribution in [2.24, 2.45) is 5.73 Å². The molecule has 0 bridgehead atoms. The van der Waals surface area contributed by atoms with Crippen LogP contribution in [0.15, 0.2) is 42.5 Å². The molecule has 6 N–H and O–H groups in total. The van der Waals surface area contributed by atoms with E-state index in [2.05, 4.69) is 10.6 Å². The van der Waals surface area contributed by atoms with Crippen molar-refractivity contribution >= 4 is 29.2 Å². The third kappa shape index (κ3) is 4.38. The SMILES string of the molecule is Cc1cccc(Nc2cc(NC(=O)C(N)CO)ccc2C=N)c1. The zero-order chi connectivity index (χ0) is 16.8. The summed E-state index contributed by atoms with van der Waals surface area (Å²) < 4.78 is 0. The molecule has 1 unspecified atom stereocenters. The van der Waals surface area contributed by atoms with Crippen LogP contribution in [-0.2, 0) is 4.79 Å². The van der Waals surface area contributed by atoms with Gasteiger partial charge in [-0.15, -0.1) is 0 Å². The quantitative estimate of drug-likeness (QED) is 0.525. The third-order valence-electron chi connectivity index (χ3n) is 3.31. The largest absolute Gasteiger partial charge is 0.394 e. The first kappa shape index (κ1) is 16.7. The first-order valence-corrected chi connectivity index (χ1v) is 7.19. The molecule has 0 fully saturated rings. The van der Waals surface area contributed by atoms with Crippen LogP contribution < -0.4 is 16.4 Å². The van der Waals surface area contributed by atoms with Crippen LogP contribution >= 0.6 is 0 Å². The molecule has 6 heteroatoms. The number of hydrogen-bond donors (Lipinski definition) is 5. The Morgan fingerprint density at radius 2 is 2.09 bits per heavy atom. The molecule has 0 aliphatic heterocycles. The van der Waals surface area contributed by atoms with E-state index in [1.54, 1.807) is 18.2 Å². The number of aliphatic hydroxyl groups excluding tert-OH is 1. The van der Waals surface area contributed by atoms with Crippen molar-refractivity contribution in [3.63, 3.8) is 0 Å². The molecule has 6 nitrogen and oxygen atoms in total. The highest BCUT2D eigenvalue weighted by Gasteiger charge is 2.13. The van der Waals surface area contributed by atoms with Crippen LogP contribution in [0.1, 0.15) is 11.1 Å². The molecule has 0 saturated carbocycles. The number of aliphatic hydroxyl groups is 1. The normalized spacial score (nSPS) is 11.6. The van der Waals surface area contributed by atoms with Gasteiger partial charge in [0.25, 0.3) is 0 Å². The van der Waals surface area contributed by atoms with Crippen molar-refractivity contribution < 1.29 is 9.90 Å². The second kappa shape index (κ2) is 7.53. The second-order valence-electron chi connectivity index (χ2n) is 5.22. The lowest BCUT2D eigenvalue weighted by atomic mass is 10.1. The molecular formula is C17H20N4O2. The van der Waals surface area contributed by atoms with Gasteiger partial charge in [-0.25, -0.2) is 0 Å². The molecule has 23 heavy (non-hydrogen) atoms. The van der Waals surface area contributed by atoms with Gasteiger partial charge in [-0.05, 0) is 42.8 Å². The monoisotopic (exact) mass is 312 g/mol. The summed E-state index contributed by atoms with van der Waals surface area (Å²) in [4.78, 5) is 11.8. The fourth-order valence-electron chi connectivity index (χ4n) is 2.06. The number of hydrogen-bond acceptors (Lipinski definition) is 5. The first-order valence-electron chi connectivity index (χ1n) is 7.19. The fourth-order valence-corrected chi connectivity index (χ4v) is 2.06. The van der Waals surface area contributed by atoms with Crippen molar-refractivity contribution in [1.82, 2.24) is 0 Å². The lowest BCUT2D eigenvalue weighted by Crippen LogP contribution is -2.38. The van der Waals surface area contributed by atoms with E-state index in [1.165, 1.54) is 6.21 Å².